The van der Waals surface area contributed by atoms with Crippen LogP contribution in [-0.4, -0.2) is 34.2 Å². The van der Waals surface area contributed by atoms with E-state index in [0.717, 1.165) is 6.92 Å². The minimum atomic E-state index is -2.03. The fraction of sp³-hybridized carbons (Fsp3) is 0.385. The summed E-state index contributed by atoms with van der Waals surface area (Å²) in [7, 11) is 0. The van der Waals surface area contributed by atoms with E-state index in [-0.39, 0.29) is 0 Å². The molecule has 19 heavy (non-hydrogen) atoms. The van der Waals surface area contributed by atoms with E-state index in [1.165, 1.54) is 6.92 Å². The molecular formula is C13H18N2O4. The fourth-order valence-electron chi connectivity index (χ4n) is 1.43. The number of carbonyl (C=O) groups is 2. The van der Waals surface area contributed by atoms with Gasteiger partial charge in [0.2, 0.25) is 5.91 Å². The summed E-state index contributed by atoms with van der Waals surface area (Å²) in [4.78, 5) is 22.7. The summed E-state index contributed by atoms with van der Waals surface area (Å²) in [6.07, 6.45) is 0. The van der Waals surface area contributed by atoms with E-state index in [9.17, 15) is 14.7 Å². The molecule has 0 bridgehead atoms. The molecule has 0 aliphatic heterocycles. The number of rotatable bonds is 5. The molecule has 1 amide bonds. The number of hydrogen-bond donors (Lipinski definition) is 4. The monoisotopic (exact) mass is 266 g/mol. The van der Waals surface area contributed by atoms with E-state index in [1.54, 1.807) is 30.3 Å². The van der Waals surface area contributed by atoms with Gasteiger partial charge in [-0.1, -0.05) is 30.3 Å². The Hall–Kier alpha value is -1.92. The zero-order valence-corrected chi connectivity index (χ0v) is 10.9. The van der Waals surface area contributed by atoms with Crippen LogP contribution in [0.1, 0.15) is 19.4 Å². The molecule has 2 atom stereocenters. The molecular weight excluding hydrogens is 248 g/mol. The Balaban J connectivity index is 2.76. The Kier molecular flexibility index (Phi) is 4.28. The van der Waals surface area contributed by atoms with E-state index in [0.29, 0.717) is 5.56 Å². The Morgan fingerprint density at radius 3 is 2.26 bits per heavy atom. The van der Waals surface area contributed by atoms with Gasteiger partial charge in [-0.05, 0) is 19.4 Å². The van der Waals surface area contributed by atoms with Crippen molar-refractivity contribution in [2.75, 3.05) is 6.54 Å². The molecule has 104 valence electrons. The summed E-state index contributed by atoms with van der Waals surface area (Å²) in [6, 6.07) is 8.71. The van der Waals surface area contributed by atoms with Crippen LogP contribution in [0.4, 0.5) is 0 Å². The molecule has 0 saturated carbocycles. The van der Waals surface area contributed by atoms with Crippen molar-refractivity contribution in [3.05, 3.63) is 35.9 Å². The molecule has 6 nitrogen and oxygen atoms in total. The first-order valence-electron chi connectivity index (χ1n) is 5.76. The second-order valence-corrected chi connectivity index (χ2v) is 4.83. The van der Waals surface area contributed by atoms with Gasteiger partial charge in [0.25, 0.3) is 0 Å². The lowest BCUT2D eigenvalue weighted by molar-refractivity contribution is -0.156. The minimum absolute atomic E-state index is 0.416. The lowest BCUT2D eigenvalue weighted by atomic mass is 9.92. The Labute approximate surface area is 111 Å². The van der Waals surface area contributed by atoms with Crippen molar-refractivity contribution in [1.29, 1.82) is 0 Å². The lowest BCUT2D eigenvalue weighted by Crippen LogP contribution is -2.54. The molecule has 0 radical (unpaired) electrons. The van der Waals surface area contributed by atoms with Gasteiger partial charge in [-0.3, -0.25) is 4.79 Å². The first-order valence-corrected chi connectivity index (χ1v) is 5.76. The van der Waals surface area contributed by atoms with Gasteiger partial charge in [-0.15, -0.1) is 0 Å². The lowest BCUT2D eigenvalue weighted by Gasteiger charge is -2.26. The number of carboxylic acids is 1. The molecule has 0 aliphatic carbocycles. The van der Waals surface area contributed by atoms with Crippen LogP contribution in [0.5, 0.6) is 0 Å². The maximum Gasteiger partial charge on any atom is 0.337 e. The van der Waals surface area contributed by atoms with Crippen LogP contribution in [0.3, 0.4) is 0 Å². The summed E-state index contributed by atoms with van der Waals surface area (Å²) < 4.78 is 0. The predicted molar refractivity (Wildman–Crippen MR) is 69.3 cm³/mol. The average Bonchev–Trinajstić information content (AvgIpc) is 2.36. The number of aliphatic carboxylic acids is 1. The number of nitrogens with one attached hydrogen (secondary N) is 1. The molecule has 0 saturated heterocycles. The smallest absolute Gasteiger partial charge is 0.337 e. The standard InChI is InChI=1S/C13H18N2O4/c1-12(19,11(17)18)8-15-10(16)13(2,14)9-6-4-3-5-7-9/h3-7,19H,8,14H2,1-2H3,(H,15,16)(H,17,18). The molecule has 1 rings (SSSR count). The molecule has 6 heteroatoms. The van der Waals surface area contributed by atoms with Crippen LogP contribution in [0, 0.1) is 0 Å². The van der Waals surface area contributed by atoms with E-state index in [2.05, 4.69) is 5.32 Å². The molecule has 1 aromatic carbocycles. The highest BCUT2D eigenvalue weighted by Crippen LogP contribution is 2.17. The second kappa shape index (κ2) is 5.38. The van der Waals surface area contributed by atoms with Gasteiger partial charge < -0.3 is 21.3 Å². The third kappa shape index (κ3) is 3.52. The Morgan fingerprint density at radius 2 is 1.79 bits per heavy atom. The number of carbonyl (C=O) groups excluding carboxylic acids is 1. The van der Waals surface area contributed by atoms with Crippen LogP contribution in [0.2, 0.25) is 0 Å². The van der Waals surface area contributed by atoms with Crippen LogP contribution in [0.15, 0.2) is 30.3 Å². The average molecular weight is 266 g/mol. The summed E-state index contributed by atoms with van der Waals surface area (Å²) in [5.74, 6) is -1.97. The van der Waals surface area contributed by atoms with Gasteiger partial charge in [0.15, 0.2) is 5.60 Å². The predicted octanol–water partition coefficient (Wildman–Crippen LogP) is -0.188. The maximum absolute atomic E-state index is 12.0. The van der Waals surface area contributed by atoms with Crippen LogP contribution in [-0.2, 0) is 15.1 Å². The molecule has 0 fully saturated rings. The minimum Gasteiger partial charge on any atom is -0.479 e. The van der Waals surface area contributed by atoms with Crippen molar-refractivity contribution < 1.29 is 19.8 Å². The third-order valence-electron chi connectivity index (χ3n) is 2.90. The van der Waals surface area contributed by atoms with Crippen molar-refractivity contribution in [1.82, 2.24) is 5.32 Å². The molecule has 0 aromatic heterocycles. The number of aliphatic hydroxyl groups is 1. The summed E-state index contributed by atoms with van der Waals surface area (Å²) in [5.41, 5.74) is 3.22. The molecule has 0 spiro atoms. The highest BCUT2D eigenvalue weighted by atomic mass is 16.4. The zero-order valence-electron chi connectivity index (χ0n) is 10.9. The van der Waals surface area contributed by atoms with Gasteiger partial charge in [0.1, 0.15) is 5.54 Å². The van der Waals surface area contributed by atoms with Gasteiger partial charge in [-0.2, -0.15) is 0 Å². The fourth-order valence-corrected chi connectivity index (χ4v) is 1.43. The van der Waals surface area contributed by atoms with Crippen molar-refractivity contribution in [2.45, 2.75) is 25.0 Å². The summed E-state index contributed by atoms with van der Waals surface area (Å²) >= 11 is 0. The summed E-state index contributed by atoms with van der Waals surface area (Å²) in [6.45, 7) is 2.21. The number of hydrogen-bond acceptors (Lipinski definition) is 4. The van der Waals surface area contributed by atoms with E-state index >= 15 is 0 Å². The van der Waals surface area contributed by atoms with Crippen molar-refractivity contribution in [3.63, 3.8) is 0 Å². The number of benzene rings is 1. The Morgan fingerprint density at radius 1 is 1.26 bits per heavy atom. The van der Waals surface area contributed by atoms with E-state index in [1.807, 2.05) is 0 Å². The van der Waals surface area contributed by atoms with Crippen LogP contribution < -0.4 is 11.1 Å². The highest BCUT2D eigenvalue weighted by Gasteiger charge is 2.35. The normalized spacial score (nSPS) is 17.1. The van der Waals surface area contributed by atoms with Crippen LogP contribution in [0.25, 0.3) is 0 Å². The topological polar surface area (TPSA) is 113 Å². The van der Waals surface area contributed by atoms with E-state index in [4.69, 9.17) is 10.8 Å². The van der Waals surface area contributed by atoms with Gasteiger partial charge in [0, 0.05) is 0 Å². The first kappa shape index (κ1) is 15.1. The quantitative estimate of drug-likeness (QED) is 0.590. The summed E-state index contributed by atoms with van der Waals surface area (Å²) in [5, 5.41) is 20.6. The molecule has 2 unspecified atom stereocenters. The van der Waals surface area contributed by atoms with Gasteiger partial charge in [-0.25, -0.2) is 4.79 Å². The van der Waals surface area contributed by atoms with Crippen molar-refractivity contribution in [3.8, 4) is 0 Å². The van der Waals surface area contributed by atoms with Crippen LogP contribution >= 0.6 is 0 Å². The number of nitrogens with two attached hydrogens (primary N) is 1. The Bertz CT molecular complexity index is 469. The zero-order chi connectivity index (χ0) is 14.7. The maximum atomic E-state index is 12.0. The number of amides is 1. The molecule has 1 aromatic rings. The SMILES string of the molecule is CC(O)(CNC(=O)C(C)(N)c1ccccc1)C(=O)O. The first-order chi connectivity index (χ1) is 8.68. The van der Waals surface area contributed by atoms with Gasteiger partial charge >= 0.3 is 5.97 Å². The number of carboxylic acid groups (broad SMARTS) is 1. The van der Waals surface area contributed by atoms with Crippen molar-refractivity contribution >= 4 is 11.9 Å². The van der Waals surface area contributed by atoms with Gasteiger partial charge in [0.05, 0.1) is 6.54 Å². The van der Waals surface area contributed by atoms with Crippen molar-refractivity contribution in [2.24, 2.45) is 5.73 Å². The molecule has 0 heterocycles. The highest BCUT2D eigenvalue weighted by molar-refractivity contribution is 5.87. The molecule has 0 aliphatic rings. The second-order valence-electron chi connectivity index (χ2n) is 4.83. The third-order valence-corrected chi connectivity index (χ3v) is 2.90. The molecule has 5 N–H and O–H groups in total. The van der Waals surface area contributed by atoms with E-state index < -0.39 is 29.6 Å². The largest absolute Gasteiger partial charge is 0.479 e.